The van der Waals surface area contributed by atoms with Gasteiger partial charge in [-0.05, 0) is 35.7 Å². The van der Waals surface area contributed by atoms with Crippen LogP contribution in [0.5, 0.6) is 5.75 Å². The molecule has 2 nitrogen and oxygen atoms in total. The average molecular weight is 321 g/mol. The maximum atomic E-state index is 12.7. The number of rotatable bonds is 4. The second-order valence-corrected chi connectivity index (χ2v) is 5.67. The molecule has 0 fully saturated rings. The Hall–Kier alpha value is -2.01. The second-order valence-electron chi connectivity index (χ2n) is 5.67. The van der Waals surface area contributed by atoms with E-state index in [4.69, 9.17) is 4.74 Å². The van der Waals surface area contributed by atoms with E-state index >= 15 is 0 Å². The highest BCUT2D eigenvalue weighted by Crippen LogP contribution is 2.31. The Balaban J connectivity index is 1.53. The molecule has 0 saturated heterocycles. The normalized spacial score (nSPS) is 15.3. The lowest BCUT2D eigenvalue weighted by molar-refractivity contribution is -0.137. The molecule has 0 bridgehead atoms. The molecule has 122 valence electrons. The lowest BCUT2D eigenvalue weighted by atomic mass is 10.0. The highest BCUT2D eigenvalue weighted by atomic mass is 19.4. The second kappa shape index (κ2) is 6.62. The number of alkyl halides is 3. The van der Waals surface area contributed by atoms with Crippen molar-refractivity contribution in [3.05, 3.63) is 65.2 Å². The maximum absolute atomic E-state index is 12.7. The predicted molar refractivity (Wildman–Crippen MR) is 82.4 cm³/mol. The Labute approximate surface area is 133 Å². The van der Waals surface area contributed by atoms with Gasteiger partial charge in [-0.1, -0.05) is 30.3 Å². The fourth-order valence-corrected chi connectivity index (χ4v) is 2.80. The predicted octanol–water partition coefficient (Wildman–Crippen LogP) is 4.14. The average Bonchev–Trinajstić information content (AvgIpc) is 2.54. The van der Waals surface area contributed by atoms with Crippen molar-refractivity contribution < 1.29 is 17.9 Å². The zero-order valence-corrected chi connectivity index (χ0v) is 12.6. The lowest BCUT2D eigenvalue weighted by Crippen LogP contribution is -2.33. The molecule has 0 spiro atoms. The van der Waals surface area contributed by atoms with Crippen molar-refractivity contribution in [3.63, 3.8) is 0 Å². The molecule has 2 aromatic rings. The van der Waals surface area contributed by atoms with Crippen LogP contribution in [0.25, 0.3) is 0 Å². The Morgan fingerprint density at radius 1 is 1.00 bits per heavy atom. The van der Waals surface area contributed by atoms with E-state index < -0.39 is 11.7 Å². The smallest absolute Gasteiger partial charge is 0.416 e. The quantitative estimate of drug-likeness (QED) is 0.839. The van der Waals surface area contributed by atoms with E-state index in [2.05, 4.69) is 17.0 Å². The lowest BCUT2D eigenvalue weighted by Gasteiger charge is -2.28. The summed E-state index contributed by atoms with van der Waals surface area (Å²) in [7, 11) is 0. The fourth-order valence-electron chi connectivity index (χ4n) is 2.80. The van der Waals surface area contributed by atoms with Gasteiger partial charge in [0.25, 0.3) is 0 Å². The van der Waals surface area contributed by atoms with Crippen molar-refractivity contribution in [3.8, 4) is 5.75 Å². The zero-order chi connectivity index (χ0) is 16.3. The van der Waals surface area contributed by atoms with Crippen LogP contribution in [0.15, 0.2) is 48.5 Å². The fraction of sp³-hybridized carbons (Fsp3) is 0.333. The van der Waals surface area contributed by atoms with Crippen molar-refractivity contribution in [1.29, 1.82) is 0 Å². The summed E-state index contributed by atoms with van der Waals surface area (Å²) in [6, 6.07) is 13.4. The van der Waals surface area contributed by atoms with Gasteiger partial charge in [-0.15, -0.1) is 0 Å². The van der Waals surface area contributed by atoms with E-state index in [1.165, 1.54) is 17.2 Å². The topological polar surface area (TPSA) is 12.5 Å². The van der Waals surface area contributed by atoms with E-state index in [0.29, 0.717) is 13.2 Å². The third-order valence-electron chi connectivity index (χ3n) is 4.05. The minimum absolute atomic E-state index is 0.261. The van der Waals surface area contributed by atoms with Crippen molar-refractivity contribution >= 4 is 0 Å². The van der Waals surface area contributed by atoms with Crippen molar-refractivity contribution in [2.45, 2.75) is 19.1 Å². The first-order valence-electron chi connectivity index (χ1n) is 7.61. The van der Waals surface area contributed by atoms with Gasteiger partial charge in [0.15, 0.2) is 0 Å². The molecule has 0 N–H and O–H groups in total. The van der Waals surface area contributed by atoms with Crippen LogP contribution < -0.4 is 4.74 Å². The number of halogens is 3. The molecular formula is C18H18F3NO. The summed E-state index contributed by atoms with van der Waals surface area (Å²) in [6.07, 6.45) is -3.34. The molecule has 0 aliphatic carbocycles. The number of ether oxygens (including phenoxy) is 1. The van der Waals surface area contributed by atoms with Crippen LogP contribution in [0, 0.1) is 0 Å². The molecular weight excluding hydrogens is 303 g/mol. The van der Waals surface area contributed by atoms with Crippen LogP contribution in [0.4, 0.5) is 13.2 Å². The highest BCUT2D eigenvalue weighted by molar-refractivity contribution is 5.30. The molecule has 1 aliphatic rings. The van der Waals surface area contributed by atoms with Crippen LogP contribution in [0.3, 0.4) is 0 Å². The first-order valence-corrected chi connectivity index (χ1v) is 7.61. The van der Waals surface area contributed by atoms with Crippen LogP contribution in [-0.2, 0) is 19.1 Å². The van der Waals surface area contributed by atoms with Gasteiger partial charge in [0, 0.05) is 19.6 Å². The van der Waals surface area contributed by atoms with Crippen LogP contribution in [0.2, 0.25) is 0 Å². The highest BCUT2D eigenvalue weighted by Gasteiger charge is 2.30. The van der Waals surface area contributed by atoms with Gasteiger partial charge in [0.05, 0.1) is 5.56 Å². The summed E-state index contributed by atoms with van der Waals surface area (Å²) in [5.74, 6) is 0.261. The number of hydrogen-bond donors (Lipinski definition) is 0. The monoisotopic (exact) mass is 321 g/mol. The van der Waals surface area contributed by atoms with Gasteiger partial charge < -0.3 is 4.74 Å². The van der Waals surface area contributed by atoms with Gasteiger partial charge in [-0.25, -0.2) is 0 Å². The van der Waals surface area contributed by atoms with Crippen molar-refractivity contribution in [2.75, 3.05) is 19.7 Å². The standard InChI is InChI=1S/C18H18F3NO/c19-18(20,21)16-6-3-7-17(12-16)23-11-10-22-9-8-14-4-1-2-5-15(14)13-22/h1-7,12H,8-11,13H2. The summed E-state index contributed by atoms with van der Waals surface area (Å²) >= 11 is 0. The first kappa shape index (κ1) is 15.9. The Kier molecular flexibility index (Phi) is 4.57. The number of hydrogen-bond acceptors (Lipinski definition) is 2. The largest absolute Gasteiger partial charge is 0.492 e. The van der Waals surface area contributed by atoms with Gasteiger partial charge in [-0.3, -0.25) is 4.90 Å². The van der Waals surface area contributed by atoms with Crippen LogP contribution in [0.1, 0.15) is 16.7 Å². The van der Waals surface area contributed by atoms with E-state index in [-0.39, 0.29) is 5.75 Å². The third-order valence-corrected chi connectivity index (χ3v) is 4.05. The van der Waals surface area contributed by atoms with Crippen LogP contribution >= 0.6 is 0 Å². The number of fused-ring (bicyclic) bond motifs is 1. The first-order chi connectivity index (χ1) is 11.0. The molecule has 0 atom stereocenters. The van der Waals surface area contributed by atoms with Crippen molar-refractivity contribution in [2.24, 2.45) is 0 Å². The molecule has 1 aliphatic heterocycles. The molecule has 0 saturated carbocycles. The Morgan fingerprint density at radius 3 is 2.57 bits per heavy atom. The molecule has 0 amide bonds. The summed E-state index contributed by atoms with van der Waals surface area (Å²) in [4.78, 5) is 2.26. The van der Waals surface area contributed by atoms with Gasteiger partial charge in [0.1, 0.15) is 12.4 Å². The van der Waals surface area contributed by atoms with E-state index in [0.717, 1.165) is 31.6 Å². The summed E-state index contributed by atoms with van der Waals surface area (Å²) < 4.78 is 43.5. The molecule has 1 heterocycles. The molecule has 3 rings (SSSR count). The van der Waals surface area contributed by atoms with E-state index in [1.54, 1.807) is 6.07 Å². The molecule has 0 aromatic heterocycles. The molecule has 5 heteroatoms. The minimum Gasteiger partial charge on any atom is -0.492 e. The molecule has 23 heavy (non-hydrogen) atoms. The number of benzene rings is 2. The summed E-state index contributed by atoms with van der Waals surface area (Å²) in [5.41, 5.74) is 2.02. The van der Waals surface area contributed by atoms with Crippen molar-refractivity contribution in [1.82, 2.24) is 4.90 Å². The maximum Gasteiger partial charge on any atom is 0.416 e. The third kappa shape index (κ3) is 4.05. The minimum atomic E-state index is -4.34. The number of nitrogens with zero attached hydrogens (tertiary/aromatic N) is 1. The van der Waals surface area contributed by atoms with E-state index in [1.807, 2.05) is 12.1 Å². The SMILES string of the molecule is FC(F)(F)c1cccc(OCCN2CCc3ccccc3C2)c1. The molecule has 2 aromatic carbocycles. The Morgan fingerprint density at radius 2 is 1.78 bits per heavy atom. The summed E-state index contributed by atoms with van der Waals surface area (Å²) in [5, 5.41) is 0. The molecule has 0 radical (unpaired) electrons. The Bertz CT molecular complexity index is 669. The van der Waals surface area contributed by atoms with Gasteiger partial charge in [-0.2, -0.15) is 13.2 Å². The van der Waals surface area contributed by atoms with Crippen LogP contribution in [-0.4, -0.2) is 24.6 Å². The molecule has 0 unspecified atom stereocenters. The zero-order valence-electron chi connectivity index (χ0n) is 12.6. The van der Waals surface area contributed by atoms with Gasteiger partial charge >= 0.3 is 6.18 Å². The van der Waals surface area contributed by atoms with E-state index in [9.17, 15) is 13.2 Å². The summed E-state index contributed by atoms with van der Waals surface area (Å²) in [6.45, 7) is 2.89. The van der Waals surface area contributed by atoms with Gasteiger partial charge in [0.2, 0.25) is 0 Å².